The summed E-state index contributed by atoms with van der Waals surface area (Å²) < 4.78 is 29.6. The van der Waals surface area contributed by atoms with E-state index in [0.717, 1.165) is 27.8 Å². The summed E-state index contributed by atoms with van der Waals surface area (Å²) in [6.45, 7) is 11.1. The molecule has 4 rings (SSSR count). The van der Waals surface area contributed by atoms with E-state index in [4.69, 9.17) is 0 Å². The Bertz CT molecular complexity index is 1720. The number of benzene rings is 4. The molecule has 0 unspecified atom stereocenters. The number of hydrogen-bond donors (Lipinski definition) is 1. The number of carbonyl (C=O) groups excluding carboxylic acids is 2. The second kappa shape index (κ2) is 14.1. The zero-order valence-electron chi connectivity index (χ0n) is 26.9. The van der Waals surface area contributed by atoms with Crippen LogP contribution in [0.5, 0.6) is 0 Å². The van der Waals surface area contributed by atoms with E-state index in [-0.39, 0.29) is 23.8 Å². The molecule has 7 nitrogen and oxygen atoms in total. The van der Waals surface area contributed by atoms with Gasteiger partial charge in [0.15, 0.2) is 0 Å². The lowest BCUT2D eigenvalue weighted by molar-refractivity contribution is -0.140. The topological polar surface area (TPSA) is 86.8 Å². The van der Waals surface area contributed by atoms with Gasteiger partial charge in [-0.05, 0) is 82.0 Å². The van der Waals surface area contributed by atoms with Crippen molar-refractivity contribution in [1.82, 2.24) is 10.2 Å². The molecule has 0 bridgehead atoms. The maximum absolute atomic E-state index is 14.6. The van der Waals surface area contributed by atoms with Crippen molar-refractivity contribution >= 4 is 27.5 Å². The van der Waals surface area contributed by atoms with Crippen LogP contribution in [0, 0.1) is 20.8 Å². The molecule has 4 aromatic rings. The summed E-state index contributed by atoms with van der Waals surface area (Å²) in [5.74, 6) is -0.794. The van der Waals surface area contributed by atoms with Crippen molar-refractivity contribution in [3.8, 4) is 0 Å². The van der Waals surface area contributed by atoms with Crippen molar-refractivity contribution in [1.29, 1.82) is 0 Å². The number of aryl methyl sites for hydroxylation is 2. The molecule has 8 heteroatoms. The molecule has 0 fully saturated rings. The lowest BCUT2D eigenvalue weighted by Crippen LogP contribution is -2.56. The zero-order chi connectivity index (χ0) is 32.8. The van der Waals surface area contributed by atoms with Crippen LogP contribution >= 0.6 is 0 Å². The molecule has 0 radical (unpaired) electrons. The Kier molecular flexibility index (Phi) is 10.5. The molecular weight excluding hydrogens is 582 g/mol. The van der Waals surface area contributed by atoms with E-state index in [0.29, 0.717) is 5.69 Å². The molecule has 0 heterocycles. The number of nitrogens with zero attached hydrogens (tertiary/aromatic N) is 2. The second-order valence-electron chi connectivity index (χ2n) is 12.5. The monoisotopic (exact) mass is 625 g/mol. The standard InChI is InChI=1S/C37H43N3O4S/c1-27-20-22-31(23-21-27)25-39(34(36(42)38-37(4,5)6)24-30-15-9-7-10-16-30)35(41)26-40(33-19-13-14-28(2)29(33)3)45(43,44)32-17-11-8-12-18-32/h7-23,34H,24-26H2,1-6H3,(H,38,42)/t34-/m0/s1. The maximum Gasteiger partial charge on any atom is 0.264 e. The fourth-order valence-electron chi connectivity index (χ4n) is 5.14. The molecule has 0 saturated heterocycles. The number of amides is 2. The van der Waals surface area contributed by atoms with Gasteiger partial charge in [0.2, 0.25) is 11.8 Å². The molecule has 1 atom stereocenters. The van der Waals surface area contributed by atoms with E-state index in [1.54, 1.807) is 30.3 Å². The van der Waals surface area contributed by atoms with Crippen LogP contribution < -0.4 is 9.62 Å². The van der Waals surface area contributed by atoms with Crippen molar-refractivity contribution in [3.63, 3.8) is 0 Å². The van der Waals surface area contributed by atoms with Gasteiger partial charge in [-0.2, -0.15) is 0 Å². The molecule has 0 saturated carbocycles. The van der Waals surface area contributed by atoms with Crippen LogP contribution in [-0.4, -0.2) is 43.3 Å². The highest BCUT2D eigenvalue weighted by Crippen LogP contribution is 2.29. The van der Waals surface area contributed by atoms with Gasteiger partial charge >= 0.3 is 0 Å². The molecule has 4 aromatic carbocycles. The van der Waals surface area contributed by atoms with Crippen LogP contribution in [0.3, 0.4) is 0 Å². The van der Waals surface area contributed by atoms with Gasteiger partial charge in [-0.1, -0.05) is 90.5 Å². The Hall–Kier alpha value is -4.43. The summed E-state index contributed by atoms with van der Waals surface area (Å²) in [7, 11) is -4.15. The minimum absolute atomic E-state index is 0.0788. The lowest BCUT2D eigenvalue weighted by Gasteiger charge is -2.35. The zero-order valence-corrected chi connectivity index (χ0v) is 27.8. The molecule has 0 aliphatic carbocycles. The molecule has 2 amide bonds. The minimum Gasteiger partial charge on any atom is -0.350 e. The Morgan fingerprint density at radius 3 is 1.96 bits per heavy atom. The summed E-state index contributed by atoms with van der Waals surface area (Å²) in [6, 6.07) is 30.0. The van der Waals surface area contributed by atoms with Crippen molar-refractivity contribution in [2.24, 2.45) is 0 Å². The first-order valence-corrected chi connectivity index (χ1v) is 16.6. The van der Waals surface area contributed by atoms with Crippen molar-refractivity contribution in [2.45, 2.75) is 71.0 Å². The van der Waals surface area contributed by atoms with Gasteiger partial charge in [0.05, 0.1) is 10.6 Å². The van der Waals surface area contributed by atoms with Gasteiger partial charge in [-0.25, -0.2) is 8.42 Å². The van der Waals surface area contributed by atoms with Gasteiger partial charge in [-0.15, -0.1) is 0 Å². The quantitative estimate of drug-likeness (QED) is 0.210. The first-order chi connectivity index (χ1) is 21.3. The van der Waals surface area contributed by atoms with Gasteiger partial charge < -0.3 is 10.2 Å². The molecule has 0 aromatic heterocycles. The average Bonchev–Trinajstić information content (AvgIpc) is 3.00. The summed E-state index contributed by atoms with van der Waals surface area (Å²) in [5, 5.41) is 3.06. The first kappa shape index (κ1) is 33.5. The maximum atomic E-state index is 14.6. The SMILES string of the molecule is Cc1ccc(CN(C(=O)CN(c2cccc(C)c2C)S(=O)(=O)c2ccccc2)[C@@H](Cc2ccccc2)C(=O)NC(C)(C)C)cc1. The third-order valence-corrected chi connectivity index (χ3v) is 9.47. The van der Waals surface area contributed by atoms with Gasteiger partial charge in [0.1, 0.15) is 12.6 Å². The van der Waals surface area contributed by atoms with E-state index >= 15 is 0 Å². The van der Waals surface area contributed by atoms with Crippen LogP contribution in [0.25, 0.3) is 0 Å². The number of anilines is 1. The van der Waals surface area contributed by atoms with E-state index in [9.17, 15) is 18.0 Å². The average molecular weight is 626 g/mol. The predicted octanol–water partition coefficient (Wildman–Crippen LogP) is 6.36. The molecule has 0 spiro atoms. The van der Waals surface area contributed by atoms with Crippen molar-refractivity contribution in [3.05, 3.63) is 131 Å². The summed E-state index contributed by atoms with van der Waals surface area (Å²) in [6.07, 6.45) is 0.259. The lowest BCUT2D eigenvalue weighted by atomic mass is 10.0. The Morgan fingerprint density at radius 1 is 0.756 bits per heavy atom. The van der Waals surface area contributed by atoms with E-state index in [1.807, 2.05) is 102 Å². The number of nitrogens with one attached hydrogen (secondary N) is 1. The van der Waals surface area contributed by atoms with Crippen LogP contribution in [0.15, 0.2) is 108 Å². The fourth-order valence-corrected chi connectivity index (χ4v) is 6.63. The molecule has 45 heavy (non-hydrogen) atoms. The number of sulfonamides is 1. The molecular formula is C37H43N3O4S. The highest BCUT2D eigenvalue weighted by Gasteiger charge is 2.36. The van der Waals surface area contributed by atoms with E-state index in [2.05, 4.69) is 5.32 Å². The van der Waals surface area contributed by atoms with Gasteiger partial charge in [0, 0.05) is 18.5 Å². The Balaban J connectivity index is 1.84. The van der Waals surface area contributed by atoms with Crippen molar-refractivity contribution < 1.29 is 18.0 Å². The normalized spacial score (nSPS) is 12.3. The van der Waals surface area contributed by atoms with E-state index in [1.165, 1.54) is 21.3 Å². The predicted molar refractivity (Wildman–Crippen MR) is 180 cm³/mol. The minimum atomic E-state index is -4.15. The second-order valence-corrected chi connectivity index (χ2v) is 14.4. The Morgan fingerprint density at radius 2 is 1.36 bits per heavy atom. The first-order valence-electron chi connectivity index (χ1n) is 15.1. The van der Waals surface area contributed by atoms with Crippen LogP contribution in [0.1, 0.15) is 48.6 Å². The van der Waals surface area contributed by atoms with Crippen LogP contribution in [-0.2, 0) is 32.6 Å². The highest BCUT2D eigenvalue weighted by atomic mass is 32.2. The summed E-state index contributed by atoms with van der Waals surface area (Å²) in [4.78, 5) is 30.2. The fraction of sp³-hybridized carbons (Fsp3) is 0.297. The molecule has 0 aliphatic rings. The molecule has 1 N–H and O–H groups in total. The molecule has 236 valence electrons. The smallest absolute Gasteiger partial charge is 0.264 e. The highest BCUT2D eigenvalue weighted by molar-refractivity contribution is 7.92. The number of rotatable bonds is 11. The largest absolute Gasteiger partial charge is 0.350 e. The van der Waals surface area contributed by atoms with Crippen LogP contribution in [0.4, 0.5) is 5.69 Å². The Labute approximate surface area is 268 Å². The molecule has 0 aliphatic heterocycles. The van der Waals surface area contributed by atoms with Crippen molar-refractivity contribution in [2.75, 3.05) is 10.8 Å². The third-order valence-electron chi connectivity index (χ3n) is 7.70. The third kappa shape index (κ3) is 8.60. The van der Waals surface area contributed by atoms with E-state index < -0.39 is 34.1 Å². The van der Waals surface area contributed by atoms with Gasteiger partial charge in [-0.3, -0.25) is 13.9 Å². The summed E-state index contributed by atoms with van der Waals surface area (Å²) in [5.41, 5.74) is 4.30. The number of carbonyl (C=O) groups is 2. The van der Waals surface area contributed by atoms with Gasteiger partial charge in [0.25, 0.3) is 10.0 Å². The number of hydrogen-bond acceptors (Lipinski definition) is 4. The summed E-state index contributed by atoms with van der Waals surface area (Å²) >= 11 is 0. The van der Waals surface area contributed by atoms with Crippen LogP contribution in [0.2, 0.25) is 0 Å².